The molecule has 0 saturated carbocycles. The van der Waals surface area contributed by atoms with Gasteiger partial charge in [-0.2, -0.15) is 0 Å². The highest BCUT2D eigenvalue weighted by Crippen LogP contribution is 2.12. The van der Waals surface area contributed by atoms with Gasteiger partial charge in [0.2, 0.25) is 11.8 Å². The maximum atomic E-state index is 12.3. The number of aliphatic imine (C=N–C) groups is 2. The highest BCUT2D eigenvalue weighted by Gasteiger charge is 2.28. The first-order valence-corrected chi connectivity index (χ1v) is 11.7. The zero-order valence-electron chi connectivity index (χ0n) is 20.9. The average molecular weight is 471 g/mol. The van der Waals surface area contributed by atoms with Crippen molar-refractivity contribution in [2.45, 2.75) is 90.1 Å². The number of nitrogens with zero attached hydrogens (tertiary/aromatic N) is 2. The van der Waals surface area contributed by atoms with Crippen molar-refractivity contribution < 1.29 is 14.8 Å². The summed E-state index contributed by atoms with van der Waals surface area (Å²) in [6, 6.07) is 0. The van der Waals surface area contributed by atoms with Gasteiger partial charge in [0, 0.05) is 26.2 Å². The molecule has 0 aromatic heterocycles. The predicted octanol–water partition coefficient (Wildman–Crippen LogP) is 0.549. The van der Waals surface area contributed by atoms with Crippen molar-refractivity contribution in [3.8, 4) is 0 Å². The number of rotatable bonds is 17. The van der Waals surface area contributed by atoms with Crippen molar-refractivity contribution in [3.63, 3.8) is 0 Å². The maximum Gasteiger partial charge on any atom is 0.239 e. The van der Waals surface area contributed by atoms with Gasteiger partial charge in [0.05, 0.1) is 16.9 Å². The monoisotopic (exact) mass is 470 g/mol. The van der Waals surface area contributed by atoms with Crippen LogP contribution >= 0.6 is 0 Å². The van der Waals surface area contributed by atoms with E-state index in [1.165, 1.54) is 0 Å². The normalized spacial score (nSPS) is 16.0. The number of carbonyl (C=O) groups excluding carboxylic acids is 2. The molecule has 0 saturated heterocycles. The van der Waals surface area contributed by atoms with Gasteiger partial charge < -0.3 is 27.8 Å². The molecule has 192 valence electrons. The Kier molecular flexibility index (Phi) is 15.3. The third-order valence-electron chi connectivity index (χ3n) is 5.29. The first-order chi connectivity index (χ1) is 15.4. The smallest absolute Gasteiger partial charge is 0.239 e. The molecule has 2 amide bonds. The van der Waals surface area contributed by atoms with Gasteiger partial charge in [-0.25, -0.2) is 0 Å². The van der Waals surface area contributed by atoms with Gasteiger partial charge in [-0.15, -0.1) is 0 Å². The van der Waals surface area contributed by atoms with E-state index >= 15 is 0 Å². The van der Waals surface area contributed by atoms with Crippen molar-refractivity contribution in [2.24, 2.45) is 27.2 Å². The van der Waals surface area contributed by atoms with E-state index in [9.17, 15) is 9.59 Å². The fourth-order valence-electron chi connectivity index (χ4n) is 3.03. The molecule has 11 heteroatoms. The molecular weight excluding hydrogens is 424 g/mol. The van der Waals surface area contributed by atoms with E-state index in [4.69, 9.17) is 22.4 Å². The minimum atomic E-state index is -0.947. The second kappa shape index (κ2) is 16.4. The number of nitrogens with one attached hydrogen (secondary N) is 3. The molecule has 0 aliphatic carbocycles. The average Bonchev–Trinajstić information content (AvgIpc) is 2.74. The second-order valence-electron chi connectivity index (χ2n) is 9.07. The lowest BCUT2D eigenvalue weighted by Crippen LogP contribution is -2.52. The number of amidine groups is 2. The number of hydrogen-bond donors (Lipinski definition) is 7. The molecule has 0 radical (unpaired) electrons. The summed E-state index contributed by atoms with van der Waals surface area (Å²) in [6.45, 7) is 9.08. The van der Waals surface area contributed by atoms with Crippen molar-refractivity contribution in [2.75, 3.05) is 26.2 Å². The zero-order chi connectivity index (χ0) is 25.3. The summed E-state index contributed by atoms with van der Waals surface area (Å²) >= 11 is 0. The summed E-state index contributed by atoms with van der Waals surface area (Å²) < 4.78 is 0. The van der Waals surface area contributed by atoms with Crippen LogP contribution in [-0.2, 0) is 9.59 Å². The van der Waals surface area contributed by atoms with Crippen LogP contribution in [0, 0.1) is 0 Å². The number of amides is 2. The molecule has 33 heavy (non-hydrogen) atoms. The van der Waals surface area contributed by atoms with Crippen LogP contribution < -0.4 is 33.3 Å². The van der Waals surface area contributed by atoms with Crippen LogP contribution in [0.4, 0.5) is 0 Å². The number of unbranched alkanes of at least 4 members (excludes halogenated alkanes) is 3. The minimum absolute atomic E-state index is 0.172. The Morgan fingerprint density at radius 3 is 1.61 bits per heavy atom. The molecule has 0 rings (SSSR count). The SMILES string of the molecule is CC(N)=NCCCCC(C)(N)C(=O)NCCCCNC(=O)C(C)(N)CCCCN=C(C)NO. The Morgan fingerprint density at radius 1 is 0.788 bits per heavy atom. The first-order valence-electron chi connectivity index (χ1n) is 11.7. The Hall–Kier alpha value is -2.24. The molecule has 10 N–H and O–H groups in total. The number of hydroxylamine groups is 1. The van der Waals surface area contributed by atoms with Crippen LogP contribution in [0.3, 0.4) is 0 Å². The van der Waals surface area contributed by atoms with Gasteiger partial charge in [-0.1, -0.05) is 0 Å². The molecule has 0 fully saturated rings. The Balaban J connectivity index is 3.98. The molecule has 0 aliphatic heterocycles. The highest BCUT2D eigenvalue weighted by atomic mass is 16.5. The van der Waals surface area contributed by atoms with E-state index < -0.39 is 11.1 Å². The zero-order valence-corrected chi connectivity index (χ0v) is 20.9. The van der Waals surface area contributed by atoms with Gasteiger partial charge >= 0.3 is 0 Å². The van der Waals surface area contributed by atoms with E-state index in [1.54, 1.807) is 27.7 Å². The molecule has 2 atom stereocenters. The Bertz CT molecular complexity index is 644. The van der Waals surface area contributed by atoms with E-state index in [0.29, 0.717) is 50.7 Å². The fraction of sp³-hybridized carbons (Fsp3) is 0.818. The summed E-state index contributed by atoms with van der Waals surface area (Å²) in [7, 11) is 0. The standard InChI is InChI=1S/C22H46N8O3/c1-17(23)26-13-7-5-11-21(3,24)19(31)28-15-9-10-16-29-20(32)22(4,25)12-6-8-14-27-18(2)30-33/h33H,5-16,24-25H2,1-4H3,(H2,23,26)(H,27,30)(H,28,31)(H,29,32). The van der Waals surface area contributed by atoms with Crippen LogP contribution in [0.2, 0.25) is 0 Å². The molecule has 2 unspecified atom stereocenters. The van der Waals surface area contributed by atoms with Crippen LogP contribution in [0.25, 0.3) is 0 Å². The van der Waals surface area contributed by atoms with E-state index in [2.05, 4.69) is 20.6 Å². The van der Waals surface area contributed by atoms with Gasteiger partial charge in [-0.3, -0.25) is 30.3 Å². The molecule has 0 bridgehead atoms. The molecule has 0 heterocycles. The highest BCUT2D eigenvalue weighted by molar-refractivity contribution is 5.86. The maximum absolute atomic E-state index is 12.3. The predicted molar refractivity (Wildman–Crippen MR) is 133 cm³/mol. The van der Waals surface area contributed by atoms with Gasteiger partial charge in [0.1, 0.15) is 5.84 Å². The molecule has 11 nitrogen and oxygen atoms in total. The van der Waals surface area contributed by atoms with Gasteiger partial charge in [-0.05, 0) is 79.1 Å². The first kappa shape index (κ1) is 30.8. The minimum Gasteiger partial charge on any atom is -0.388 e. The topological polar surface area (TPSA) is 193 Å². The lowest BCUT2D eigenvalue weighted by atomic mass is 9.95. The summed E-state index contributed by atoms with van der Waals surface area (Å²) in [5, 5.41) is 14.4. The second-order valence-corrected chi connectivity index (χ2v) is 9.07. The third kappa shape index (κ3) is 15.3. The van der Waals surface area contributed by atoms with Crippen molar-refractivity contribution in [1.29, 1.82) is 0 Å². The van der Waals surface area contributed by atoms with Crippen LogP contribution in [0.5, 0.6) is 0 Å². The summed E-state index contributed by atoms with van der Waals surface area (Å²) in [6.07, 6.45) is 5.74. The van der Waals surface area contributed by atoms with Crippen molar-refractivity contribution in [3.05, 3.63) is 0 Å². The van der Waals surface area contributed by atoms with Crippen molar-refractivity contribution >= 4 is 23.5 Å². The van der Waals surface area contributed by atoms with Gasteiger partial charge in [0.25, 0.3) is 0 Å². The number of hydrogen-bond acceptors (Lipinski definition) is 7. The molecule has 0 spiro atoms. The third-order valence-corrected chi connectivity index (χ3v) is 5.29. The summed E-state index contributed by atoms with van der Waals surface area (Å²) in [5.41, 5.74) is 17.9. The molecule has 0 aromatic rings. The Morgan fingerprint density at radius 2 is 1.21 bits per heavy atom. The van der Waals surface area contributed by atoms with E-state index in [1.807, 2.05) is 5.48 Å². The lowest BCUT2D eigenvalue weighted by Gasteiger charge is -2.24. The van der Waals surface area contributed by atoms with Crippen LogP contribution in [0.1, 0.15) is 79.1 Å². The van der Waals surface area contributed by atoms with Crippen LogP contribution in [0.15, 0.2) is 9.98 Å². The quantitative estimate of drug-likeness (QED) is 0.0697. The van der Waals surface area contributed by atoms with Crippen molar-refractivity contribution in [1.82, 2.24) is 16.1 Å². The fourth-order valence-corrected chi connectivity index (χ4v) is 3.03. The largest absolute Gasteiger partial charge is 0.388 e. The van der Waals surface area contributed by atoms with Gasteiger partial charge in [0.15, 0.2) is 0 Å². The van der Waals surface area contributed by atoms with E-state index in [-0.39, 0.29) is 11.8 Å². The summed E-state index contributed by atoms with van der Waals surface area (Å²) in [5.74, 6) is 0.656. The summed E-state index contributed by atoms with van der Waals surface area (Å²) in [4.78, 5) is 32.9. The molecule has 0 aromatic carbocycles. The Labute approximate surface area is 198 Å². The number of carbonyl (C=O) groups is 2. The van der Waals surface area contributed by atoms with Crippen LogP contribution in [-0.4, -0.2) is 65.9 Å². The van der Waals surface area contributed by atoms with E-state index in [0.717, 1.165) is 38.5 Å². The lowest BCUT2D eigenvalue weighted by molar-refractivity contribution is -0.127. The molecular formula is C22H46N8O3. The molecule has 0 aliphatic rings. The number of nitrogens with two attached hydrogens (primary N) is 3.